The monoisotopic (exact) mass is 335 g/mol. The number of rotatable bonds is 3. The van der Waals surface area contributed by atoms with Crippen LogP contribution in [0.3, 0.4) is 0 Å². The fraction of sp³-hybridized carbons (Fsp3) is 0.529. The number of sulfonamides is 1. The zero-order valence-electron chi connectivity index (χ0n) is 13.5. The first-order valence-electron chi connectivity index (χ1n) is 7.90. The second kappa shape index (κ2) is 5.44. The van der Waals surface area contributed by atoms with Crippen molar-refractivity contribution in [2.75, 3.05) is 0 Å². The molecule has 1 amide bonds. The summed E-state index contributed by atoms with van der Waals surface area (Å²) in [5.41, 5.74) is 0.936. The lowest BCUT2D eigenvalue weighted by Gasteiger charge is -2.23. The molecule has 0 spiro atoms. The average molecular weight is 335 g/mol. The van der Waals surface area contributed by atoms with Gasteiger partial charge in [-0.3, -0.25) is 9.59 Å². The number of aryl methyl sites for hydroxylation is 1. The molecule has 1 heterocycles. The highest BCUT2D eigenvalue weighted by molar-refractivity contribution is 7.89. The summed E-state index contributed by atoms with van der Waals surface area (Å²) in [5.74, 6) is -0.441. The van der Waals surface area contributed by atoms with Gasteiger partial charge in [0.25, 0.3) is 10.0 Å². The van der Waals surface area contributed by atoms with E-state index in [9.17, 15) is 18.0 Å². The van der Waals surface area contributed by atoms with Crippen LogP contribution in [-0.4, -0.2) is 30.5 Å². The Kier molecular flexibility index (Phi) is 3.83. The fourth-order valence-electron chi connectivity index (χ4n) is 3.83. The molecule has 6 heteroatoms. The van der Waals surface area contributed by atoms with E-state index in [0.29, 0.717) is 6.42 Å². The number of hydrogen-bond acceptors (Lipinski definition) is 4. The second-order valence-electron chi connectivity index (χ2n) is 6.90. The van der Waals surface area contributed by atoms with E-state index in [0.717, 1.165) is 9.87 Å². The Morgan fingerprint density at radius 1 is 1.09 bits per heavy atom. The number of fused-ring (bicyclic) bond motifs is 1. The molecular weight excluding hydrogens is 314 g/mol. The lowest BCUT2D eigenvalue weighted by Crippen LogP contribution is -2.42. The quantitative estimate of drug-likeness (QED) is 0.848. The summed E-state index contributed by atoms with van der Waals surface area (Å²) in [5, 5.41) is 0. The van der Waals surface area contributed by atoms with Crippen LogP contribution in [0, 0.1) is 24.7 Å². The third-order valence-corrected chi connectivity index (χ3v) is 6.88. The molecule has 0 bridgehead atoms. The first-order valence-corrected chi connectivity index (χ1v) is 9.34. The Hall–Kier alpha value is -1.69. The highest BCUT2D eigenvalue weighted by atomic mass is 32.2. The van der Waals surface area contributed by atoms with Crippen molar-refractivity contribution in [3.8, 4) is 0 Å². The summed E-state index contributed by atoms with van der Waals surface area (Å²) in [6.45, 7) is 5.89. The summed E-state index contributed by atoms with van der Waals surface area (Å²) < 4.78 is 26.6. The van der Waals surface area contributed by atoms with Crippen LogP contribution < -0.4 is 0 Å². The Balaban J connectivity index is 2.01. The highest BCUT2D eigenvalue weighted by Gasteiger charge is 2.57. The number of amides is 1. The predicted molar refractivity (Wildman–Crippen MR) is 85.1 cm³/mol. The minimum atomic E-state index is -3.98. The van der Waals surface area contributed by atoms with E-state index < -0.39 is 22.0 Å². The molecule has 1 aliphatic heterocycles. The van der Waals surface area contributed by atoms with E-state index >= 15 is 0 Å². The van der Waals surface area contributed by atoms with E-state index in [2.05, 4.69) is 0 Å². The molecule has 0 radical (unpaired) electrons. The second-order valence-corrected chi connectivity index (χ2v) is 8.71. The first kappa shape index (κ1) is 16.2. The number of Topliss-reactive ketones (excluding diaryl/α,β-unsaturated/α-hetero) is 1. The topological polar surface area (TPSA) is 71.5 Å². The number of hydrogen-bond donors (Lipinski definition) is 0. The summed E-state index contributed by atoms with van der Waals surface area (Å²) in [4.78, 5) is 24.9. The maximum atomic E-state index is 12.9. The molecule has 1 aromatic carbocycles. The van der Waals surface area contributed by atoms with Crippen LogP contribution in [0.15, 0.2) is 29.2 Å². The van der Waals surface area contributed by atoms with Gasteiger partial charge in [-0.25, -0.2) is 12.7 Å². The van der Waals surface area contributed by atoms with E-state index in [-0.39, 0.29) is 34.9 Å². The highest BCUT2D eigenvalue weighted by Crippen LogP contribution is 2.45. The zero-order chi connectivity index (χ0) is 16.9. The molecule has 2 aliphatic rings. The van der Waals surface area contributed by atoms with Crippen LogP contribution >= 0.6 is 0 Å². The van der Waals surface area contributed by atoms with Crippen LogP contribution in [0.4, 0.5) is 0 Å². The Labute approximate surface area is 136 Å². The molecule has 124 valence electrons. The average Bonchev–Trinajstić information content (AvgIpc) is 2.96. The fourth-order valence-corrected chi connectivity index (χ4v) is 5.45. The van der Waals surface area contributed by atoms with Gasteiger partial charge in [0.2, 0.25) is 5.91 Å². The third-order valence-electron chi connectivity index (χ3n) is 5.07. The SMILES string of the molecule is Cc1ccc(S(=O)(=O)N2C(=O)C[C@@H]3[C@@H](C(C)C)CC(=O)[C@@H]32)cc1. The first-order chi connectivity index (χ1) is 10.7. The van der Waals surface area contributed by atoms with Gasteiger partial charge in [0, 0.05) is 12.8 Å². The molecule has 0 unspecified atom stereocenters. The van der Waals surface area contributed by atoms with Crippen molar-refractivity contribution < 1.29 is 18.0 Å². The van der Waals surface area contributed by atoms with Gasteiger partial charge in [-0.1, -0.05) is 31.5 Å². The normalized spacial score (nSPS) is 27.8. The molecule has 1 aliphatic carbocycles. The number of carbonyl (C=O) groups excluding carboxylic acids is 2. The van der Waals surface area contributed by atoms with Crippen LogP contribution in [0.25, 0.3) is 0 Å². The molecule has 5 nitrogen and oxygen atoms in total. The minimum absolute atomic E-state index is 0.0675. The number of carbonyl (C=O) groups is 2. The Morgan fingerprint density at radius 3 is 2.26 bits per heavy atom. The maximum absolute atomic E-state index is 12.9. The Morgan fingerprint density at radius 2 is 1.70 bits per heavy atom. The van der Waals surface area contributed by atoms with Crippen molar-refractivity contribution in [1.29, 1.82) is 0 Å². The lowest BCUT2D eigenvalue weighted by molar-refractivity contribution is -0.129. The van der Waals surface area contributed by atoms with Gasteiger partial charge in [0.15, 0.2) is 5.78 Å². The van der Waals surface area contributed by atoms with Gasteiger partial charge in [0.05, 0.1) is 4.90 Å². The van der Waals surface area contributed by atoms with E-state index in [4.69, 9.17) is 0 Å². The van der Waals surface area contributed by atoms with E-state index in [1.54, 1.807) is 12.1 Å². The van der Waals surface area contributed by atoms with Crippen molar-refractivity contribution in [2.24, 2.45) is 17.8 Å². The van der Waals surface area contributed by atoms with Crippen LogP contribution in [-0.2, 0) is 19.6 Å². The van der Waals surface area contributed by atoms with Gasteiger partial charge in [0.1, 0.15) is 6.04 Å². The molecule has 3 rings (SSSR count). The summed E-state index contributed by atoms with van der Waals surface area (Å²) in [7, 11) is -3.98. The molecule has 0 N–H and O–H groups in total. The predicted octanol–water partition coefficient (Wildman–Crippen LogP) is 2.15. The molecule has 3 atom stereocenters. The lowest BCUT2D eigenvalue weighted by atomic mass is 9.84. The van der Waals surface area contributed by atoms with Gasteiger partial charge >= 0.3 is 0 Å². The zero-order valence-corrected chi connectivity index (χ0v) is 14.3. The van der Waals surface area contributed by atoms with Gasteiger partial charge in [-0.15, -0.1) is 0 Å². The van der Waals surface area contributed by atoms with Crippen molar-refractivity contribution in [3.05, 3.63) is 29.8 Å². The number of ketones is 1. The molecule has 2 fully saturated rings. The van der Waals surface area contributed by atoms with Crippen LogP contribution in [0.1, 0.15) is 32.3 Å². The van der Waals surface area contributed by atoms with Crippen LogP contribution in [0.2, 0.25) is 0 Å². The van der Waals surface area contributed by atoms with Crippen molar-refractivity contribution >= 4 is 21.7 Å². The van der Waals surface area contributed by atoms with Crippen molar-refractivity contribution in [2.45, 2.75) is 44.6 Å². The third kappa shape index (κ3) is 2.49. The molecule has 23 heavy (non-hydrogen) atoms. The molecule has 1 saturated carbocycles. The smallest absolute Gasteiger partial charge is 0.267 e. The molecule has 0 aromatic heterocycles. The van der Waals surface area contributed by atoms with E-state index in [1.807, 2.05) is 20.8 Å². The number of nitrogens with zero attached hydrogens (tertiary/aromatic N) is 1. The standard InChI is InChI=1S/C17H21NO4S/c1-10(2)13-8-15(19)17-14(13)9-16(20)18(17)23(21,22)12-6-4-11(3)5-7-12/h4-7,10,13-14,17H,8-9H2,1-3H3/t13-,14-,17-/m1/s1. The molecule has 1 aromatic rings. The minimum Gasteiger partial charge on any atom is -0.297 e. The Bertz CT molecular complexity index is 751. The summed E-state index contributed by atoms with van der Waals surface area (Å²) >= 11 is 0. The number of benzene rings is 1. The van der Waals surface area contributed by atoms with Gasteiger partial charge in [-0.2, -0.15) is 0 Å². The van der Waals surface area contributed by atoms with E-state index in [1.165, 1.54) is 12.1 Å². The van der Waals surface area contributed by atoms with Gasteiger partial charge < -0.3 is 0 Å². The summed E-state index contributed by atoms with van der Waals surface area (Å²) in [6.07, 6.45) is 0.505. The van der Waals surface area contributed by atoms with Crippen LogP contribution in [0.5, 0.6) is 0 Å². The molecule has 1 saturated heterocycles. The molecular formula is C17H21NO4S. The maximum Gasteiger partial charge on any atom is 0.267 e. The van der Waals surface area contributed by atoms with Crippen molar-refractivity contribution in [1.82, 2.24) is 4.31 Å². The van der Waals surface area contributed by atoms with Gasteiger partial charge in [-0.05, 0) is 36.8 Å². The largest absolute Gasteiger partial charge is 0.297 e. The summed E-state index contributed by atoms with van der Waals surface area (Å²) in [6, 6.07) is 5.55. The van der Waals surface area contributed by atoms with Crippen molar-refractivity contribution in [3.63, 3.8) is 0 Å².